The minimum absolute atomic E-state index is 1.14. The van der Waals surface area contributed by atoms with Gasteiger partial charge >= 0.3 is 0 Å². The maximum absolute atomic E-state index is 3.97. The molecule has 2 nitrogen and oxygen atoms in total. The Kier molecular flexibility index (Phi) is 3.14. The van der Waals surface area contributed by atoms with Crippen molar-refractivity contribution >= 4 is 43.2 Å². The van der Waals surface area contributed by atoms with Gasteiger partial charge in [0.1, 0.15) is 0 Å². The van der Waals surface area contributed by atoms with E-state index in [2.05, 4.69) is 70.6 Å². The summed E-state index contributed by atoms with van der Waals surface area (Å²) in [6, 6.07) is 25.8. The number of hydrogen-bond acceptors (Lipinski definition) is 1. The van der Waals surface area contributed by atoms with Crippen LogP contribution in [0.25, 0.3) is 43.2 Å². The van der Waals surface area contributed by atoms with E-state index < -0.39 is 0 Å². The van der Waals surface area contributed by atoms with Gasteiger partial charge < -0.3 is 4.98 Å². The third kappa shape index (κ3) is 2.31. The Morgan fingerprint density at radius 3 is 1.64 bits per heavy atom. The second kappa shape index (κ2) is 5.60. The van der Waals surface area contributed by atoms with Gasteiger partial charge in [-0.25, -0.2) is 0 Å². The highest BCUT2D eigenvalue weighted by Gasteiger charge is 2.05. The van der Waals surface area contributed by atoms with Gasteiger partial charge in [0, 0.05) is 29.5 Å². The van der Waals surface area contributed by atoms with Crippen molar-refractivity contribution in [3.8, 4) is 0 Å². The first-order valence-electron chi connectivity index (χ1n) is 8.40. The number of H-pyrrole nitrogens is 1. The molecule has 6 aromatic rings. The monoisotopic (exact) mass is 320 g/mol. The summed E-state index contributed by atoms with van der Waals surface area (Å²) in [5.41, 5.74) is 1.14. The molecule has 0 unspecified atom stereocenters. The van der Waals surface area contributed by atoms with Crippen molar-refractivity contribution in [2.24, 2.45) is 0 Å². The summed E-state index contributed by atoms with van der Waals surface area (Å²) in [6.45, 7) is 0. The molecule has 0 saturated carbocycles. The molecule has 0 bridgehead atoms. The van der Waals surface area contributed by atoms with Crippen molar-refractivity contribution < 1.29 is 0 Å². The molecule has 1 N–H and O–H groups in total. The molecule has 0 amide bonds. The second-order valence-electron chi connectivity index (χ2n) is 6.23. The summed E-state index contributed by atoms with van der Waals surface area (Å²) >= 11 is 0. The van der Waals surface area contributed by atoms with E-state index in [1.807, 2.05) is 24.5 Å². The number of pyridine rings is 1. The Morgan fingerprint density at radius 2 is 1.12 bits per heavy atom. The lowest BCUT2D eigenvalue weighted by molar-refractivity contribution is 1.36. The average molecular weight is 320 g/mol. The summed E-state index contributed by atoms with van der Waals surface area (Å²) in [6.07, 6.45) is 5.52. The smallest absolute Gasteiger partial charge is 0.0484 e. The van der Waals surface area contributed by atoms with Crippen LogP contribution in [-0.4, -0.2) is 9.97 Å². The lowest BCUT2D eigenvalue weighted by Gasteiger charge is -2.09. The zero-order valence-electron chi connectivity index (χ0n) is 13.6. The molecule has 0 aliphatic heterocycles. The zero-order valence-corrected chi connectivity index (χ0v) is 13.6. The first kappa shape index (κ1) is 14.0. The molecule has 2 aromatic heterocycles. The highest BCUT2D eigenvalue weighted by Crippen LogP contribution is 2.33. The van der Waals surface area contributed by atoms with Crippen molar-refractivity contribution in [1.82, 2.24) is 9.97 Å². The predicted octanol–water partition coefficient (Wildman–Crippen LogP) is 6.15. The van der Waals surface area contributed by atoms with Gasteiger partial charge in [-0.2, -0.15) is 0 Å². The molecule has 0 aliphatic carbocycles. The van der Waals surface area contributed by atoms with Gasteiger partial charge in [0.15, 0.2) is 0 Å². The van der Waals surface area contributed by atoms with Crippen LogP contribution in [0.5, 0.6) is 0 Å². The van der Waals surface area contributed by atoms with Crippen molar-refractivity contribution in [1.29, 1.82) is 0 Å². The van der Waals surface area contributed by atoms with Gasteiger partial charge in [-0.1, -0.05) is 60.7 Å². The molecule has 0 fully saturated rings. The highest BCUT2D eigenvalue weighted by molar-refractivity contribution is 6.22. The minimum Gasteiger partial charge on any atom is -0.361 e. The number of aromatic nitrogens is 2. The van der Waals surface area contributed by atoms with Crippen LogP contribution in [0.1, 0.15) is 0 Å². The molecule has 0 saturated heterocycles. The summed E-state index contributed by atoms with van der Waals surface area (Å²) in [5.74, 6) is 0. The summed E-state index contributed by atoms with van der Waals surface area (Å²) in [5, 5.41) is 9.31. The molecule has 2 heteroatoms. The van der Waals surface area contributed by atoms with Gasteiger partial charge in [0.25, 0.3) is 0 Å². The van der Waals surface area contributed by atoms with Crippen LogP contribution in [0.15, 0.2) is 91.4 Å². The van der Waals surface area contributed by atoms with E-state index in [0.29, 0.717) is 0 Å². The first-order valence-corrected chi connectivity index (χ1v) is 8.40. The van der Waals surface area contributed by atoms with E-state index in [-0.39, 0.29) is 0 Å². The number of fused-ring (bicyclic) bond motifs is 1. The van der Waals surface area contributed by atoms with Crippen molar-refractivity contribution in [2.75, 3.05) is 0 Å². The maximum atomic E-state index is 3.97. The Hall–Kier alpha value is -3.39. The topological polar surface area (TPSA) is 28.7 Å². The van der Waals surface area contributed by atoms with Crippen LogP contribution in [0.4, 0.5) is 0 Å². The van der Waals surface area contributed by atoms with Crippen LogP contribution in [0.3, 0.4) is 0 Å². The highest BCUT2D eigenvalue weighted by atomic mass is 14.7. The fourth-order valence-electron chi connectivity index (χ4n) is 3.56. The van der Waals surface area contributed by atoms with Crippen molar-refractivity contribution in [3.63, 3.8) is 0 Å². The van der Waals surface area contributed by atoms with Gasteiger partial charge in [0.05, 0.1) is 0 Å². The average Bonchev–Trinajstić information content (AvgIpc) is 3.16. The largest absolute Gasteiger partial charge is 0.361 e. The first-order chi connectivity index (χ1) is 12.4. The number of rotatable bonds is 0. The maximum Gasteiger partial charge on any atom is 0.0484 e. The normalized spacial score (nSPS) is 11.2. The fourth-order valence-corrected chi connectivity index (χ4v) is 3.56. The molecule has 0 atom stereocenters. The van der Waals surface area contributed by atoms with Gasteiger partial charge in [-0.15, -0.1) is 0 Å². The number of hydrogen-bond donors (Lipinski definition) is 1. The van der Waals surface area contributed by atoms with E-state index in [1.54, 1.807) is 6.20 Å². The second-order valence-corrected chi connectivity index (χ2v) is 6.23. The van der Waals surface area contributed by atoms with E-state index in [0.717, 1.165) is 10.9 Å². The number of nitrogens with zero attached hydrogens (tertiary/aromatic N) is 1. The minimum atomic E-state index is 1.14. The Bertz CT molecular complexity index is 1140. The molecule has 2 heterocycles. The SMILES string of the molecule is c1cc2[nH]ccc2cn1.c1cc2ccc3cccc4ccc(c1)c2c34. The summed E-state index contributed by atoms with van der Waals surface area (Å²) < 4.78 is 0. The molecular weight excluding hydrogens is 304 g/mol. The number of nitrogens with one attached hydrogen (secondary N) is 1. The van der Waals surface area contributed by atoms with Gasteiger partial charge in [0.2, 0.25) is 0 Å². The standard InChI is InChI=1S/C16H10.C7H6N2/c1-3-11-7-9-13-5-2-6-14-10-8-12(4-1)15(11)16(13)14;1-4-9-7-2-3-8-5-6(1)7/h1-10H;1-5,9H. The number of aromatic amines is 1. The Labute approximate surface area is 145 Å². The molecule has 25 heavy (non-hydrogen) atoms. The van der Waals surface area contributed by atoms with Gasteiger partial charge in [-0.05, 0) is 44.5 Å². The van der Waals surface area contributed by atoms with Gasteiger partial charge in [-0.3, -0.25) is 4.98 Å². The van der Waals surface area contributed by atoms with E-state index in [4.69, 9.17) is 0 Å². The Morgan fingerprint density at radius 1 is 0.560 bits per heavy atom. The third-order valence-corrected chi connectivity index (χ3v) is 4.75. The fraction of sp³-hybridized carbons (Fsp3) is 0. The summed E-state index contributed by atoms with van der Waals surface area (Å²) in [4.78, 5) is 7.04. The molecular formula is C23H16N2. The molecule has 118 valence electrons. The van der Waals surface area contributed by atoms with Crippen molar-refractivity contribution in [3.05, 3.63) is 91.4 Å². The van der Waals surface area contributed by atoms with Crippen LogP contribution in [0.2, 0.25) is 0 Å². The lowest BCUT2D eigenvalue weighted by atomic mass is 9.95. The Balaban J connectivity index is 0.000000132. The molecule has 0 radical (unpaired) electrons. The van der Waals surface area contributed by atoms with Crippen LogP contribution in [-0.2, 0) is 0 Å². The van der Waals surface area contributed by atoms with Crippen LogP contribution < -0.4 is 0 Å². The quantitative estimate of drug-likeness (QED) is 0.334. The lowest BCUT2D eigenvalue weighted by Crippen LogP contribution is -1.82. The molecule has 0 aliphatic rings. The van der Waals surface area contributed by atoms with E-state index >= 15 is 0 Å². The van der Waals surface area contributed by atoms with Crippen molar-refractivity contribution in [2.45, 2.75) is 0 Å². The van der Waals surface area contributed by atoms with Crippen LogP contribution >= 0.6 is 0 Å². The summed E-state index contributed by atoms with van der Waals surface area (Å²) in [7, 11) is 0. The van der Waals surface area contributed by atoms with E-state index in [1.165, 1.54) is 32.3 Å². The molecule has 6 rings (SSSR count). The third-order valence-electron chi connectivity index (χ3n) is 4.75. The predicted molar refractivity (Wildman–Crippen MR) is 106 cm³/mol. The number of benzene rings is 4. The zero-order chi connectivity index (χ0) is 16.6. The molecule has 0 spiro atoms. The van der Waals surface area contributed by atoms with Crippen LogP contribution in [0, 0.1) is 0 Å². The molecule has 4 aromatic carbocycles. The van der Waals surface area contributed by atoms with E-state index in [9.17, 15) is 0 Å².